The molecule has 0 aromatic heterocycles. The highest BCUT2D eigenvalue weighted by Gasteiger charge is 2.37. The Hall–Kier alpha value is -2.57. The van der Waals surface area contributed by atoms with Crippen LogP contribution >= 0.6 is 0 Å². The molecular weight excluding hydrogens is 430 g/mol. The summed E-state index contributed by atoms with van der Waals surface area (Å²) in [5.74, 6) is -0.366. The maximum absolute atomic E-state index is 13.9. The number of nitrogens with one attached hydrogen (secondary N) is 2. The molecule has 2 fully saturated rings. The summed E-state index contributed by atoms with van der Waals surface area (Å²) < 4.78 is 5.44. The number of carbonyl (C=O) groups is 3. The molecule has 34 heavy (non-hydrogen) atoms. The van der Waals surface area contributed by atoms with Gasteiger partial charge in [0.2, 0.25) is 0 Å². The highest BCUT2D eigenvalue weighted by molar-refractivity contribution is 5.99. The lowest BCUT2D eigenvalue weighted by Gasteiger charge is -2.36. The third-order valence-electron chi connectivity index (χ3n) is 6.60. The molecule has 2 saturated carbocycles. The number of alkyl carbamates (subject to hydrolysis) is 1. The van der Waals surface area contributed by atoms with Crippen LogP contribution in [0.15, 0.2) is 30.3 Å². The predicted octanol–water partition coefficient (Wildman–Crippen LogP) is 5.33. The quantitative estimate of drug-likeness (QED) is 0.587. The standard InChI is InChI=1S/C27H41N3O4/c1-27(2,3)34-26(33)29-23(19-20-13-7-4-8-14-20)24(31)30(22-17-11-6-12-18-22)25(32)28-21-15-9-5-10-16-21/h4,7-8,13-14,21-23H,5-6,9-12,15-19H2,1-3H3,(H,28,32)(H,29,33). The molecule has 7 heteroatoms. The first-order valence-corrected chi connectivity index (χ1v) is 12.9. The third-order valence-corrected chi connectivity index (χ3v) is 6.60. The minimum atomic E-state index is -0.892. The molecule has 1 aromatic carbocycles. The second-order valence-corrected chi connectivity index (χ2v) is 10.7. The van der Waals surface area contributed by atoms with Crippen LogP contribution < -0.4 is 10.6 Å². The lowest BCUT2D eigenvalue weighted by Crippen LogP contribution is -2.59. The van der Waals surface area contributed by atoms with Crippen molar-refractivity contribution in [2.24, 2.45) is 0 Å². The van der Waals surface area contributed by atoms with Gasteiger partial charge in [-0.3, -0.25) is 9.69 Å². The van der Waals surface area contributed by atoms with Crippen molar-refractivity contribution in [3.05, 3.63) is 35.9 Å². The first kappa shape index (κ1) is 26.0. The first-order valence-electron chi connectivity index (χ1n) is 12.9. The zero-order valence-electron chi connectivity index (χ0n) is 21.0. The van der Waals surface area contributed by atoms with Gasteiger partial charge in [0.05, 0.1) is 0 Å². The van der Waals surface area contributed by atoms with Crippen LogP contribution in [0.25, 0.3) is 0 Å². The van der Waals surface area contributed by atoms with Crippen LogP contribution in [0.4, 0.5) is 9.59 Å². The van der Waals surface area contributed by atoms with Gasteiger partial charge in [-0.25, -0.2) is 9.59 Å². The summed E-state index contributed by atoms with van der Waals surface area (Å²) in [6.07, 6.45) is 9.62. The molecule has 0 bridgehead atoms. The van der Waals surface area contributed by atoms with Crippen molar-refractivity contribution >= 4 is 18.0 Å². The highest BCUT2D eigenvalue weighted by atomic mass is 16.6. The van der Waals surface area contributed by atoms with Crippen LogP contribution in [-0.4, -0.2) is 46.7 Å². The van der Waals surface area contributed by atoms with Gasteiger partial charge < -0.3 is 15.4 Å². The lowest BCUT2D eigenvalue weighted by atomic mass is 9.93. The number of nitrogens with zero attached hydrogens (tertiary/aromatic N) is 1. The smallest absolute Gasteiger partial charge is 0.408 e. The van der Waals surface area contributed by atoms with E-state index in [9.17, 15) is 14.4 Å². The van der Waals surface area contributed by atoms with E-state index in [4.69, 9.17) is 4.74 Å². The molecule has 188 valence electrons. The second-order valence-electron chi connectivity index (χ2n) is 10.7. The minimum absolute atomic E-state index is 0.103. The number of carbonyl (C=O) groups excluding carboxylic acids is 3. The van der Waals surface area contributed by atoms with Crippen LogP contribution in [0.2, 0.25) is 0 Å². The summed E-state index contributed by atoms with van der Waals surface area (Å²) in [4.78, 5) is 41.5. The molecule has 0 heterocycles. The molecule has 0 aliphatic heterocycles. The van der Waals surface area contributed by atoms with E-state index in [-0.39, 0.29) is 24.0 Å². The van der Waals surface area contributed by atoms with Gasteiger partial charge in [-0.15, -0.1) is 0 Å². The SMILES string of the molecule is CC(C)(C)OC(=O)NC(Cc1ccccc1)C(=O)N(C(=O)NC1CCCCC1)C1CCCCC1. The molecule has 7 nitrogen and oxygen atoms in total. The highest BCUT2D eigenvalue weighted by Crippen LogP contribution is 2.25. The summed E-state index contributed by atoms with van der Waals surface area (Å²) in [6.45, 7) is 5.35. The maximum atomic E-state index is 13.9. The van der Waals surface area contributed by atoms with Crippen molar-refractivity contribution in [2.45, 2.75) is 115 Å². The summed E-state index contributed by atoms with van der Waals surface area (Å²) in [5, 5.41) is 5.90. The minimum Gasteiger partial charge on any atom is -0.444 e. The van der Waals surface area contributed by atoms with E-state index in [1.807, 2.05) is 30.3 Å². The van der Waals surface area contributed by atoms with Crippen molar-refractivity contribution in [1.29, 1.82) is 0 Å². The predicted molar refractivity (Wildman–Crippen MR) is 132 cm³/mol. The van der Waals surface area contributed by atoms with E-state index in [0.29, 0.717) is 6.42 Å². The van der Waals surface area contributed by atoms with Crippen molar-refractivity contribution in [1.82, 2.24) is 15.5 Å². The molecule has 2 N–H and O–H groups in total. The van der Waals surface area contributed by atoms with Gasteiger partial charge in [0.1, 0.15) is 11.6 Å². The van der Waals surface area contributed by atoms with Crippen molar-refractivity contribution < 1.29 is 19.1 Å². The normalized spacial score (nSPS) is 18.6. The summed E-state index contributed by atoms with van der Waals surface area (Å²) >= 11 is 0. The van der Waals surface area contributed by atoms with Crippen molar-refractivity contribution in [3.8, 4) is 0 Å². The Labute approximate surface area is 204 Å². The van der Waals surface area contributed by atoms with Crippen LogP contribution in [0.5, 0.6) is 0 Å². The molecule has 1 atom stereocenters. The maximum Gasteiger partial charge on any atom is 0.408 e. The van der Waals surface area contributed by atoms with E-state index in [0.717, 1.165) is 63.4 Å². The molecule has 2 aliphatic rings. The molecule has 0 radical (unpaired) electrons. The fourth-order valence-corrected chi connectivity index (χ4v) is 4.94. The third kappa shape index (κ3) is 8.03. The number of rotatable bonds is 6. The van der Waals surface area contributed by atoms with Gasteiger partial charge in [0.15, 0.2) is 0 Å². The number of benzene rings is 1. The van der Waals surface area contributed by atoms with Crippen LogP contribution in [-0.2, 0) is 16.0 Å². The largest absolute Gasteiger partial charge is 0.444 e. The van der Waals surface area contributed by atoms with Gasteiger partial charge >= 0.3 is 12.1 Å². The Kier molecular flexibility index (Phi) is 9.36. The van der Waals surface area contributed by atoms with Crippen LogP contribution in [0.1, 0.15) is 90.5 Å². The zero-order valence-corrected chi connectivity index (χ0v) is 21.0. The molecule has 3 rings (SSSR count). The monoisotopic (exact) mass is 471 g/mol. The average molecular weight is 472 g/mol. The van der Waals surface area contributed by atoms with E-state index in [1.54, 1.807) is 20.8 Å². The Balaban J connectivity index is 1.82. The number of amides is 4. The van der Waals surface area contributed by atoms with Crippen LogP contribution in [0, 0.1) is 0 Å². The number of hydrogen-bond donors (Lipinski definition) is 2. The average Bonchev–Trinajstić information content (AvgIpc) is 2.79. The Morgan fingerprint density at radius 2 is 1.53 bits per heavy atom. The number of imide groups is 1. The van der Waals surface area contributed by atoms with E-state index < -0.39 is 17.7 Å². The Morgan fingerprint density at radius 1 is 0.941 bits per heavy atom. The van der Waals surface area contributed by atoms with Gasteiger partial charge in [-0.1, -0.05) is 68.9 Å². The van der Waals surface area contributed by atoms with E-state index in [2.05, 4.69) is 10.6 Å². The van der Waals surface area contributed by atoms with Crippen molar-refractivity contribution in [3.63, 3.8) is 0 Å². The Bertz CT molecular complexity index is 809. The molecule has 0 saturated heterocycles. The summed E-state index contributed by atoms with van der Waals surface area (Å²) in [6, 6.07) is 8.29. The molecule has 2 aliphatic carbocycles. The fraction of sp³-hybridized carbons (Fsp3) is 0.667. The van der Waals surface area contributed by atoms with Gasteiger partial charge in [-0.2, -0.15) is 0 Å². The zero-order chi connectivity index (χ0) is 24.6. The second kappa shape index (κ2) is 12.2. The number of hydrogen-bond acceptors (Lipinski definition) is 4. The molecular formula is C27H41N3O4. The molecule has 1 unspecified atom stereocenters. The van der Waals surface area contributed by atoms with Gasteiger partial charge in [0, 0.05) is 18.5 Å². The molecule has 1 aromatic rings. The molecule has 0 spiro atoms. The van der Waals surface area contributed by atoms with Gasteiger partial charge in [-0.05, 0) is 52.0 Å². The Morgan fingerprint density at radius 3 is 2.12 bits per heavy atom. The summed E-state index contributed by atoms with van der Waals surface area (Å²) in [7, 11) is 0. The van der Waals surface area contributed by atoms with Crippen molar-refractivity contribution in [2.75, 3.05) is 0 Å². The van der Waals surface area contributed by atoms with Crippen LogP contribution in [0.3, 0.4) is 0 Å². The van der Waals surface area contributed by atoms with E-state index >= 15 is 0 Å². The lowest BCUT2D eigenvalue weighted by molar-refractivity contribution is -0.133. The fourth-order valence-electron chi connectivity index (χ4n) is 4.94. The first-order chi connectivity index (χ1) is 16.2. The number of urea groups is 1. The van der Waals surface area contributed by atoms with E-state index in [1.165, 1.54) is 11.3 Å². The summed E-state index contributed by atoms with van der Waals surface area (Å²) in [5.41, 5.74) is 0.222. The molecule has 4 amide bonds. The number of ether oxygens (including phenoxy) is 1. The van der Waals surface area contributed by atoms with Gasteiger partial charge in [0.25, 0.3) is 5.91 Å². The topological polar surface area (TPSA) is 87.7 Å².